The molecule has 1 aromatic rings. The fourth-order valence-corrected chi connectivity index (χ4v) is 4.58. The molecule has 16 heavy (non-hydrogen) atoms. The molecule has 1 aromatic heterocycles. The van der Waals surface area contributed by atoms with E-state index >= 15 is 0 Å². The number of carbonyl (C=O) groups is 1. The summed E-state index contributed by atoms with van der Waals surface area (Å²) in [5.41, 5.74) is 0. The van der Waals surface area contributed by atoms with Gasteiger partial charge in [0.2, 0.25) is 0 Å². The van der Waals surface area contributed by atoms with E-state index in [1.54, 1.807) is 23.1 Å². The van der Waals surface area contributed by atoms with E-state index in [2.05, 4.69) is 19.1 Å². The lowest BCUT2D eigenvalue weighted by Crippen LogP contribution is -2.34. The van der Waals surface area contributed by atoms with Crippen molar-refractivity contribution >= 4 is 29.1 Å². The van der Waals surface area contributed by atoms with Gasteiger partial charge >= 0.3 is 5.97 Å². The number of hydrogen-bond acceptors (Lipinski definition) is 3. The fraction of sp³-hybridized carbons (Fsp3) is 0.583. The zero-order valence-corrected chi connectivity index (χ0v) is 11.0. The zero-order chi connectivity index (χ0) is 11.6. The summed E-state index contributed by atoms with van der Waals surface area (Å²) >= 11 is 3.38. The van der Waals surface area contributed by atoms with E-state index in [1.807, 2.05) is 0 Å². The molecule has 2 nitrogen and oxygen atoms in total. The molecule has 0 aromatic carbocycles. The van der Waals surface area contributed by atoms with Crippen LogP contribution >= 0.6 is 23.1 Å². The molecule has 88 valence electrons. The van der Waals surface area contributed by atoms with Crippen molar-refractivity contribution in [2.24, 2.45) is 0 Å². The summed E-state index contributed by atoms with van der Waals surface area (Å²) in [7, 11) is 0. The van der Waals surface area contributed by atoms with Crippen LogP contribution in [0.5, 0.6) is 0 Å². The van der Waals surface area contributed by atoms with Gasteiger partial charge in [-0.25, -0.2) is 0 Å². The van der Waals surface area contributed by atoms with Crippen molar-refractivity contribution in [3.8, 4) is 0 Å². The van der Waals surface area contributed by atoms with Crippen LogP contribution in [0.1, 0.15) is 29.5 Å². The first-order chi connectivity index (χ1) is 7.66. The summed E-state index contributed by atoms with van der Waals surface area (Å²) in [4.78, 5) is 14.0. The van der Waals surface area contributed by atoms with Gasteiger partial charge in [0.05, 0.1) is 0 Å². The maximum atomic E-state index is 11.4. The molecule has 0 radical (unpaired) electrons. The first-order valence-corrected chi connectivity index (χ1v) is 7.41. The van der Waals surface area contributed by atoms with Crippen LogP contribution in [-0.4, -0.2) is 21.6 Å². The Kier molecular flexibility index (Phi) is 3.60. The van der Waals surface area contributed by atoms with Crippen LogP contribution < -0.4 is 0 Å². The van der Waals surface area contributed by atoms with Crippen molar-refractivity contribution in [2.75, 3.05) is 5.75 Å². The van der Waals surface area contributed by atoms with Crippen LogP contribution in [0.3, 0.4) is 0 Å². The minimum absolute atomic E-state index is 0.546. The molecule has 0 saturated carbocycles. The molecular formula is C12H16O2S2. The number of carboxylic acid groups (broad SMARTS) is 1. The van der Waals surface area contributed by atoms with E-state index < -0.39 is 10.7 Å². The Morgan fingerprint density at radius 1 is 1.50 bits per heavy atom. The molecule has 1 aliphatic heterocycles. The van der Waals surface area contributed by atoms with Crippen molar-refractivity contribution in [1.82, 2.24) is 0 Å². The van der Waals surface area contributed by atoms with Crippen LogP contribution in [0.2, 0.25) is 0 Å². The maximum Gasteiger partial charge on any atom is 0.320 e. The maximum absolute atomic E-state index is 11.4. The Morgan fingerprint density at radius 2 is 2.25 bits per heavy atom. The highest BCUT2D eigenvalue weighted by molar-refractivity contribution is 8.01. The van der Waals surface area contributed by atoms with Gasteiger partial charge in [-0.05, 0) is 37.1 Å². The van der Waals surface area contributed by atoms with Crippen molar-refractivity contribution < 1.29 is 9.90 Å². The molecule has 2 heterocycles. The molecular weight excluding hydrogens is 240 g/mol. The molecule has 0 spiro atoms. The van der Waals surface area contributed by atoms with E-state index in [-0.39, 0.29) is 0 Å². The smallest absolute Gasteiger partial charge is 0.320 e. The molecule has 1 aliphatic rings. The van der Waals surface area contributed by atoms with Crippen LogP contribution in [0.15, 0.2) is 12.1 Å². The third-order valence-electron chi connectivity index (χ3n) is 3.02. The predicted molar refractivity (Wildman–Crippen MR) is 69.5 cm³/mol. The van der Waals surface area contributed by atoms with E-state index in [1.165, 1.54) is 9.75 Å². The largest absolute Gasteiger partial charge is 0.480 e. The minimum atomic E-state index is -0.638. The van der Waals surface area contributed by atoms with Crippen molar-refractivity contribution in [2.45, 2.75) is 37.4 Å². The summed E-state index contributed by atoms with van der Waals surface area (Å²) in [6.07, 6.45) is 3.57. The summed E-state index contributed by atoms with van der Waals surface area (Å²) in [6, 6.07) is 4.21. The molecule has 4 heteroatoms. The lowest BCUT2D eigenvalue weighted by atomic mass is 9.98. The molecule has 1 atom stereocenters. The summed E-state index contributed by atoms with van der Waals surface area (Å²) in [6.45, 7) is 2.13. The second-order valence-electron chi connectivity index (χ2n) is 4.15. The molecule has 0 bridgehead atoms. The van der Waals surface area contributed by atoms with E-state index in [0.717, 1.165) is 25.0 Å². The van der Waals surface area contributed by atoms with Gasteiger partial charge in [0.1, 0.15) is 4.75 Å². The van der Waals surface area contributed by atoms with Crippen LogP contribution in [-0.2, 0) is 17.6 Å². The number of thiophene rings is 1. The average Bonchev–Trinajstić information content (AvgIpc) is 2.88. The standard InChI is InChI=1S/C12H16O2S2/c1-2-9-4-5-10(16-9)8-12(11(13)14)6-3-7-15-12/h4-5H,2-3,6-8H2,1H3,(H,13,14). The number of carboxylic acids is 1. The van der Waals surface area contributed by atoms with Gasteiger partial charge in [-0.2, -0.15) is 0 Å². The molecule has 0 amide bonds. The Bertz CT molecular complexity index is 378. The monoisotopic (exact) mass is 256 g/mol. The lowest BCUT2D eigenvalue weighted by molar-refractivity contribution is -0.139. The van der Waals surface area contributed by atoms with Crippen molar-refractivity contribution in [1.29, 1.82) is 0 Å². The fourth-order valence-electron chi connectivity index (χ4n) is 2.07. The molecule has 0 aliphatic carbocycles. The number of hydrogen-bond donors (Lipinski definition) is 1. The third-order valence-corrected chi connectivity index (χ3v) is 5.82. The SMILES string of the molecule is CCc1ccc(CC2(C(=O)O)CCCS2)s1. The van der Waals surface area contributed by atoms with Crippen LogP contribution in [0.4, 0.5) is 0 Å². The average molecular weight is 256 g/mol. The highest BCUT2D eigenvalue weighted by Gasteiger charge is 2.42. The molecule has 2 rings (SSSR count). The second kappa shape index (κ2) is 4.80. The molecule has 1 fully saturated rings. The van der Waals surface area contributed by atoms with Gasteiger partial charge in [0.15, 0.2) is 0 Å². The van der Waals surface area contributed by atoms with Gasteiger partial charge in [-0.15, -0.1) is 23.1 Å². The predicted octanol–water partition coefficient (Wildman–Crippen LogP) is 3.20. The van der Waals surface area contributed by atoms with E-state index in [0.29, 0.717) is 6.42 Å². The number of aliphatic carboxylic acids is 1. The Labute approximate surface area is 104 Å². The number of thioether (sulfide) groups is 1. The minimum Gasteiger partial charge on any atom is -0.480 e. The zero-order valence-electron chi connectivity index (χ0n) is 9.36. The molecule has 1 unspecified atom stereocenters. The summed E-state index contributed by atoms with van der Waals surface area (Å²) in [5, 5.41) is 9.37. The van der Waals surface area contributed by atoms with Crippen molar-refractivity contribution in [3.05, 3.63) is 21.9 Å². The lowest BCUT2D eigenvalue weighted by Gasteiger charge is -2.21. The van der Waals surface area contributed by atoms with Gasteiger partial charge in [0, 0.05) is 16.2 Å². The van der Waals surface area contributed by atoms with Gasteiger partial charge in [0.25, 0.3) is 0 Å². The van der Waals surface area contributed by atoms with Gasteiger partial charge in [-0.1, -0.05) is 6.92 Å². The first kappa shape index (κ1) is 12.0. The van der Waals surface area contributed by atoms with Crippen LogP contribution in [0, 0.1) is 0 Å². The Balaban J connectivity index is 2.14. The Morgan fingerprint density at radius 3 is 2.75 bits per heavy atom. The molecule has 1 N–H and O–H groups in total. The molecule has 1 saturated heterocycles. The quantitative estimate of drug-likeness (QED) is 0.899. The van der Waals surface area contributed by atoms with E-state index in [9.17, 15) is 9.90 Å². The summed E-state index contributed by atoms with van der Waals surface area (Å²) < 4.78 is -0.546. The first-order valence-electron chi connectivity index (χ1n) is 5.61. The van der Waals surface area contributed by atoms with Crippen LogP contribution in [0.25, 0.3) is 0 Å². The topological polar surface area (TPSA) is 37.3 Å². The third kappa shape index (κ3) is 2.28. The number of rotatable bonds is 4. The van der Waals surface area contributed by atoms with Gasteiger partial charge < -0.3 is 5.11 Å². The summed E-state index contributed by atoms with van der Waals surface area (Å²) in [5.74, 6) is 0.347. The normalized spacial score (nSPS) is 24.8. The highest BCUT2D eigenvalue weighted by atomic mass is 32.2. The van der Waals surface area contributed by atoms with E-state index in [4.69, 9.17) is 0 Å². The Hall–Kier alpha value is -0.480. The highest BCUT2D eigenvalue weighted by Crippen LogP contribution is 2.42. The van der Waals surface area contributed by atoms with Gasteiger partial charge in [-0.3, -0.25) is 4.79 Å². The van der Waals surface area contributed by atoms with Crippen molar-refractivity contribution in [3.63, 3.8) is 0 Å². The number of aryl methyl sites for hydroxylation is 1. The second-order valence-corrected chi connectivity index (χ2v) is 6.88.